The molecule has 2 rings (SSSR count). The summed E-state index contributed by atoms with van der Waals surface area (Å²) in [5.74, 6) is 0.911. The first-order valence-corrected chi connectivity index (χ1v) is 8.38. The number of aryl methyl sites for hydroxylation is 2. The van der Waals surface area contributed by atoms with E-state index < -0.39 is 0 Å². The van der Waals surface area contributed by atoms with Crippen molar-refractivity contribution < 1.29 is 9.53 Å². The number of nitrogens with one attached hydrogen (secondary N) is 1. The van der Waals surface area contributed by atoms with Gasteiger partial charge in [-0.1, -0.05) is 12.1 Å². The molecule has 1 heterocycles. The number of nitrogens with zero attached hydrogens (tertiary/aromatic N) is 2. The summed E-state index contributed by atoms with van der Waals surface area (Å²) in [6.45, 7) is 8.58. The summed E-state index contributed by atoms with van der Waals surface area (Å²) in [4.78, 5) is 12.1. The smallest absolute Gasteiger partial charge is 0.224 e. The molecule has 0 radical (unpaired) electrons. The third-order valence-corrected chi connectivity index (χ3v) is 4.03. The Morgan fingerprint density at radius 3 is 2.46 bits per heavy atom. The standard InChI is InChI=1S/C19H27N3O2/c1-13(2)24-17-8-6-16(7-9-17)10-11-20-19(23)12-18-14(3)21-22(5)15(18)4/h6-9,13H,10-12H2,1-5H3,(H,20,23). The predicted molar refractivity (Wildman–Crippen MR) is 95.3 cm³/mol. The minimum absolute atomic E-state index is 0.0361. The lowest BCUT2D eigenvalue weighted by molar-refractivity contribution is -0.120. The van der Waals surface area contributed by atoms with E-state index in [4.69, 9.17) is 4.74 Å². The number of hydrogen-bond acceptors (Lipinski definition) is 3. The van der Waals surface area contributed by atoms with Crippen molar-refractivity contribution in [3.8, 4) is 5.75 Å². The van der Waals surface area contributed by atoms with Gasteiger partial charge in [0, 0.05) is 24.8 Å². The van der Waals surface area contributed by atoms with Gasteiger partial charge in [-0.15, -0.1) is 0 Å². The summed E-state index contributed by atoms with van der Waals surface area (Å²) >= 11 is 0. The van der Waals surface area contributed by atoms with Gasteiger partial charge in [-0.25, -0.2) is 0 Å². The quantitative estimate of drug-likeness (QED) is 0.850. The predicted octanol–water partition coefficient (Wildman–Crippen LogP) is 2.73. The number of rotatable bonds is 7. The number of ether oxygens (including phenoxy) is 1. The third-order valence-electron chi connectivity index (χ3n) is 4.03. The van der Waals surface area contributed by atoms with Gasteiger partial charge >= 0.3 is 0 Å². The van der Waals surface area contributed by atoms with Crippen molar-refractivity contribution in [1.29, 1.82) is 0 Å². The molecule has 2 aromatic rings. The average molecular weight is 329 g/mol. The molecular weight excluding hydrogens is 302 g/mol. The number of amides is 1. The summed E-state index contributed by atoms with van der Waals surface area (Å²) in [7, 11) is 1.90. The minimum atomic E-state index is 0.0361. The molecule has 5 nitrogen and oxygen atoms in total. The molecule has 1 N–H and O–H groups in total. The molecule has 1 aromatic heterocycles. The molecule has 24 heavy (non-hydrogen) atoms. The fourth-order valence-electron chi connectivity index (χ4n) is 2.65. The highest BCUT2D eigenvalue weighted by atomic mass is 16.5. The maximum atomic E-state index is 12.1. The number of hydrogen-bond donors (Lipinski definition) is 1. The van der Waals surface area contributed by atoms with E-state index in [0.29, 0.717) is 13.0 Å². The second-order valence-electron chi connectivity index (χ2n) is 6.36. The molecular formula is C19H27N3O2. The lowest BCUT2D eigenvalue weighted by Crippen LogP contribution is -2.27. The summed E-state index contributed by atoms with van der Waals surface area (Å²) in [6, 6.07) is 8.03. The zero-order valence-electron chi connectivity index (χ0n) is 15.2. The second-order valence-corrected chi connectivity index (χ2v) is 6.36. The van der Waals surface area contributed by atoms with E-state index in [1.807, 2.05) is 63.7 Å². The van der Waals surface area contributed by atoms with Crippen LogP contribution in [0.2, 0.25) is 0 Å². The van der Waals surface area contributed by atoms with Gasteiger partial charge in [0.15, 0.2) is 0 Å². The Labute approximate surface area is 144 Å². The first-order chi connectivity index (χ1) is 11.4. The van der Waals surface area contributed by atoms with Gasteiger partial charge in [0.05, 0.1) is 18.2 Å². The van der Waals surface area contributed by atoms with Crippen LogP contribution in [0.1, 0.15) is 36.4 Å². The third kappa shape index (κ3) is 4.85. The van der Waals surface area contributed by atoms with Crippen molar-refractivity contribution in [3.63, 3.8) is 0 Å². The average Bonchev–Trinajstić information content (AvgIpc) is 2.75. The van der Waals surface area contributed by atoms with Crippen LogP contribution in [-0.4, -0.2) is 28.3 Å². The first-order valence-electron chi connectivity index (χ1n) is 8.38. The SMILES string of the molecule is Cc1nn(C)c(C)c1CC(=O)NCCc1ccc(OC(C)C)cc1. The van der Waals surface area contributed by atoms with E-state index in [2.05, 4.69) is 10.4 Å². The van der Waals surface area contributed by atoms with Crippen LogP contribution in [0.15, 0.2) is 24.3 Å². The first kappa shape index (κ1) is 18.0. The fraction of sp³-hybridized carbons (Fsp3) is 0.474. The Morgan fingerprint density at radius 2 is 1.92 bits per heavy atom. The molecule has 0 fully saturated rings. The Balaban J connectivity index is 1.80. The van der Waals surface area contributed by atoms with Crippen LogP contribution in [0.3, 0.4) is 0 Å². The summed E-state index contributed by atoms with van der Waals surface area (Å²) in [6.07, 6.45) is 1.36. The van der Waals surface area contributed by atoms with Gasteiger partial charge in [-0.05, 0) is 51.8 Å². The van der Waals surface area contributed by atoms with E-state index in [1.165, 1.54) is 5.56 Å². The molecule has 0 unspecified atom stereocenters. The molecule has 130 valence electrons. The molecule has 0 bridgehead atoms. The molecule has 0 spiro atoms. The Hall–Kier alpha value is -2.30. The number of benzene rings is 1. The fourth-order valence-corrected chi connectivity index (χ4v) is 2.65. The maximum absolute atomic E-state index is 12.1. The summed E-state index contributed by atoms with van der Waals surface area (Å²) in [5.41, 5.74) is 4.17. The maximum Gasteiger partial charge on any atom is 0.224 e. The normalized spacial score (nSPS) is 10.9. The van der Waals surface area contributed by atoms with Gasteiger partial charge in [0.2, 0.25) is 5.91 Å². The Bertz CT molecular complexity index is 687. The van der Waals surface area contributed by atoms with Crippen LogP contribution in [0.25, 0.3) is 0 Å². The van der Waals surface area contributed by atoms with Gasteiger partial charge in [-0.2, -0.15) is 5.10 Å². The minimum Gasteiger partial charge on any atom is -0.491 e. The lowest BCUT2D eigenvalue weighted by Gasteiger charge is -2.10. The van der Waals surface area contributed by atoms with Crippen LogP contribution in [0.4, 0.5) is 0 Å². The van der Waals surface area contributed by atoms with Crippen LogP contribution in [-0.2, 0) is 24.7 Å². The second kappa shape index (κ2) is 7.99. The number of carbonyl (C=O) groups is 1. The van der Waals surface area contributed by atoms with E-state index >= 15 is 0 Å². The van der Waals surface area contributed by atoms with Crippen molar-refractivity contribution in [2.75, 3.05) is 6.54 Å². The number of carbonyl (C=O) groups excluding carboxylic acids is 1. The van der Waals surface area contributed by atoms with E-state index in [0.717, 1.165) is 29.1 Å². The monoisotopic (exact) mass is 329 g/mol. The van der Waals surface area contributed by atoms with Crippen molar-refractivity contribution in [1.82, 2.24) is 15.1 Å². The molecule has 0 aliphatic heterocycles. The van der Waals surface area contributed by atoms with Gasteiger partial charge in [-0.3, -0.25) is 9.48 Å². The summed E-state index contributed by atoms with van der Waals surface area (Å²) < 4.78 is 7.44. The van der Waals surface area contributed by atoms with Gasteiger partial charge in [0.1, 0.15) is 5.75 Å². The molecule has 0 saturated carbocycles. The van der Waals surface area contributed by atoms with Gasteiger partial charge in [0.25, 0.3) is 0 Å². The molecule has 0 saturated heterocycles. The van der Waals surface area contributed by atoms with E-state index in [1.54, 1.807) is 0 Å². The van der Waals surface area contributed by atoms with Crippen molar-refractivity contribution in [2.45, 2.75) is 46.6 Å². The van der Waals surface area contributed by atoms with E-state index in [-0.39, 0.29) is 12.0 Å². The molecule has 1 aromatic carbocycles. The molecule has 1 amide bonds. The zero-order valence-corrected chi connectivity index (χ0v) is 15.2. The van der Waals surface area contributed by atoms with Gasteiger partial charge < -0.3 is 10.1 Å². The van der Waals surface area contributed by atoms with Crippen LogP contribution in [0.5, 0.6) is 5.75 Å². The van der Waals surface area contributed by atoms with Crippen LogP contribution < -0.4 is 10.1 Å². The highest BCUT2D eigenvalue weighted by Crippen LogP contribution is 2.14. The molecule has 0 aliphatic carbocycles. The Morgan fingerprint density at radius 1 is 1.25 bits per heavy atom. The highest BCUT2D eigenvalue weighted by Gasteiger charge is 2.13. The van der Waals surface area contributed by atoms with E-state index in [9.17, 15) is 4.79 Å². The molecule has 5 heteroatoms. The highest BCUT2D eigenvalue weighted by molar-refractivity contribution is 5.79. The van der Waals surface area contributed by atoms with Crippen LogP contribution >= 0.6 is 0 Å². The molecule has 0 atom stereocenters. The van der Waals surface area contributed by atoms with Crippen molar-refractivity contribution in [3.05, 3.63) is 46.8 Å². The molecule has 0 aliphatic rings. The Kier molecular flexibility index (Phi) is 6.01. The topological polar surface area (TPSA) is 56.2 Å². The lowest BCUT2D eigenvalue weighted by atomic mass is 10.1. The van der Waals surface area contributed by atoms with Crippen molar-refractivity contribution in [2.24, 2.45) is 7.05 Å². The summed E-state index contributed by atoms with van der Waals surface area (Å²) in [5, 5.41) is 7.33. The largest absolute Gasteiger partial charge is 0.491 e. The van der Waals surface area contributed by atoms with Crippen LogP contribution in [0, 0.1) is 13.8 Å². The van der Waals surface area contributed by atoms with Crippen molar-refractivity contribution >= 4 is 5.91 Å². The number of aromatic nitrogens is 2. The zero-order chi connectivity index (χ0) is 17.7.